The van der Waals surface area contributed by atoms with E-state index in [9.17, 15) is 0 Å². The number of nitrogens with two attached hydrogens (primary N) is 1. The van der Waals surface area contributed by atoms with Crippen molar-refractivity contribution in [1.29, 1.82) is 0 Å². The Balaban J connectivity index is 2.28. The first kappa shape index (κ1) is 10.4. The Hall–Kier alpha value is -0.680. The molecule has 0 saturated heterocycles. The minimum absolute atomic E-state index is 0.436. The summed E-state index contributed by atoms with van der Waals surface area (Å²) in [7, 11) is 0. The molecule has 74 valence electrons. The third-order valence-electron chi connectivity index (χ3n) is 1.54. The monoisotopic (exact) mass is 201 g/mol. The first-order valence-corrected chi connectivity index (χ1v) is 5.19. The molecule has 0 unspecified atom stereocenters. The van der Waals surface area contributed by atoms with E-state index >= 15 is 0 Å². The van der Waals surface area contributed by atoms with Gasteiger partial charge < -0.3 is 10.5 Å². The normalized spacial score (nSPS) is 10.8. The molecule has 0 aliphatic heterocycles. The van der Waals surface area contributed by atoms with Gasteiger partial charge in [-0.1, -0.05) is 25.2 Å². The van der Waals surface area contributed by atoms with E-state index < -0.39 is 0 Å². The summed E-state index contributed by atoms with van der Waals surface area (Å²) in [4.78, 5) is 0. The van der Waals surface area contributed by atoms with Gasteiger partial charge in [0.2, 0.25) is 0 Å². The van der Waals surface area contributed by atoms with E-state index in [4.69, 9.17) is 10.5 Å². The lowest BCUT2D eigenvalue weighted by molar-refractivity contribution is 0.286. The van der Waals surface area contributed by atoms with Gasteiger partial charge in [0.15, 0.2) is 0 Å². The third kappa shape index (κ3) is 3.69. The second-order valence-electron chi connectivity index (χ2n) is 3.20. The van der Waals surface area contributed by atoms with Crippen molar-refractivity contribution in [3.63, 3.8) is 0 Å². The maximum Gasteiger partial charge on any atom is 0.294 e. The van der Waals surface area contributed by atoms with Gasteiger partial charge in [-0.3, -0.25) is 0 Å². The molecular weight excluding hydrogens is 186 g/mol. The van der Waals surface area contributed by atoms with Gasteiger partial charge in [-0.05, 0) is 12.3 Å². The Morgan fingerprint density at radius 1 is 1.46 bits per heavy atom. The average molecular weight is 201 g/mol. The van der Waals surface area contributed by atoms with Gasteiger partial charge in [0, 0.05) is 6.54 Å². The molecule has 0 fully saturated rings. The second kappa shape index (κ2) is 5.14. The summed E-state index contributed by atoms with van der Waals surface area (Å²) in [5, 5.41) is 9.15. The zero-order valence-corrected chi connectivity index (χ0v) is 8.80. The fraction of sp³-hybridized carbons (Fsp3) is 0.750. The molecule has 0 amide bonds. The number of hydrogen-bond donors (Lipinski definition) is 1. The molecule has 0 saturated carbocycles. The zero-order valence-electron chi connectivity index (χ0n) is 7.99. The van der Waals surface area contributed by atoms with E-state index in [0.717, 1.165) is 11.4 Å². The van der Waals surface area contributed by atoms with Gasteiger partial charge in [0.05, 0.1) is 6.61 Å². The lowest BCUT2D eigenvalue weighted by Gasteiger charge is -2.03. The Bertz CT molecular complexity index is 249. The van der Waals surface area contributed by atoms with E-state index in [1.807, 2.05) is 0 Å². The van der Waals surface area contributed by atoms with Crippen molar-refractivity contribution >= 4 is 11.3 Å². The minimum atomic E-state index is 0.436. The van der Waals surface area contributed by atoms with Gasteiger partial charge in [-0.15, -0.1) is 10.2 Å². The van der Waals surface area contributed by atoms with Crippen LogP contribution < -0.4 is 10.5 Å². The van der Waals surface area contributed by atoms with Crippen molar-refractivity contribution in [2.24, 2.45) is 11.7 Å². The average Bonchev–Trinajstić information content (AvgIpc) is 2.52. The fourth-order valence-electron chi connectivity index (χ4n) is 0.761. The van der Waals surface area contributed by atoms with Gasteiger partial charge in [-0.25, -0.2) is 0 Å². The van der Waals surface area contributed by atoms with Crippen LogP contribution >= 0.6 is 11.3 Å². The van der Waals surface area contributed by atoms with Crippen LogP contribution in [0.2, 0.25) is 0 Å². The molecule has 4 nitrogen and oxygen atoms in total. The second-order valence-corrected chi connectivity index (χ2v) is 4.22. The third-order valence-corrected chi connectivity index (χ3v) is 2.40. The highest BCUT2D eigenvalue weighted by molar-refractivity contribution is 7.13. The quantitative estimate of drug-likeness (QED) is 0.782. The molecule has 1 heterocycles. The van der Waals surface area contributed by atoms with Crippen LogP contribution in [-0.4, -0.2) is 16.8 Å². The van der Waals surface area contributed by atoms with Crippen molar-refractivity contribution in [3.05, 3.63) is 5.01 Å². The molecule has 1 aromatic rings. The van der Waals surface area contributed by atoms with Crippen LogP contribution in [0.15, 0.2) is 0 Å². The largest absolute Gasteiger partial charge is 0.469 e. The first-order valence-electron chi connectivity index (χ1n) is 4.37. The molecule has 0 atom stereocenters. The Labute approximate surface area is 82.1 Å². The zero-order chi connectivity index (χ0) is 9.68. The molecule has 0 bridgehead atoms. The number of nitrogens with zero attached hydrogens (tertiary/aromatic N) is 2. The summed E-state index contributed by atoms with van der Waals surface area (Å²) in [5.74, 6) is 0.655. The van der Waals surface area contributed by atoms with E-state index in [2.05, 4.69) is 24.0 Å². The van der Waals surface area contributed by atoms with Gasteiger partial charge in [0.1, 0.15) is 5.01 Å². The first-order chi connectivity index (χ1) is 6.22. The highest BCUT2D eigenvalue weighted by Crippen LogP contribution is 2.17. The van der Waals surface area contributed by atoms with E-state index in [-0.39, 0.29) is 0 Å². The van der Waals surface area contributed by atoms with Crippen LogP contribution in [-0.2, 0) is 6.54 Å². The smallest absolute Gasteiger partial charge is 0.294 e. The van der Waals surface area contributed by atoms with Crippen LogP contribution in [0, 0.1) is 5.92 Å². The Morgan fingerprint density at radius 2 is 2.23 bits per heavy atom. The molecule has 13 heavy (non-hydrogen) atoms. The van der Waals surface area contributed by atoms with Gasteiger partial charge in [-0.2, -0.15) is 0 Å². The maximum absolute atomic E-state index is 5.39. The minimum Gasteiger partial charge on any atom is -0.469 e. The van der Waals surface area contributed by atoms with Crippen molar-refractivity contribution in [3.8, 4) is 5.19 Å². The van der Waals surface area contributed by atoms with Crippen LogP contribution in [0.4, 0.5) is 0 Å². The fourth-order valence-corrected chi connectivity index (χ4v) is 1.35. The molecule has 0 spiro atoms. The summed E-state index contributed by atoms with van der Waals surface area (Å²) in [6.07, 6.45) is 1.04. The van der Waals surface area contributed by atoms with Crippen molar-refractivity contribution in [2.45, 2.75) is 26.8 Å². The summed E-state index contributed by atoms with van der Waals surface area (Å²) in [5.41, 5.74) is 5.39. The standard InChI is InChI=1S/C8H15N3OS/c1-6(2)3-4-12-8-11-10-7(5-9)13-8/h6H,3-5,9H2,1-2H3. The SMILES string of the molecule is CC(C)CCOc1nnc(CN)s1. The molecule has 5 heteroatoms. The molecule has 0 aliphatic rings. The Kier molecular flexibility index (Phi) is 4.11. The van der Waals surface area contributed by atoms with E-state index in [0.29, 0.717) is 24.3 Å². The molecular formula is C8H15N3OS. The number of ether oxygens (including phenoxy) is 1. The molecule has 2 N–H and O–H groups in total. The topological polar surface area (TPSA) is 61.0 Å². The summed E-state index contributed by atoms with van der Waals surface area (Å²) >= 11 is 1.42. The molecule has 0 radical (unpaired) electrons. The van der Waals surface area contributed by atoms with Crippen LogP contribution in [0.3, 0.4) is 0 Å². The maximum atomic E-state index is 5.39. The lowest BCUT2D eigenvalue weighted by Crippen LogP contribution is -2.00. The van der Waals surface area contributed by atoms with Crippen LogP contribution in [0.5, 0.6) is 5.19 Å². The molecule has 1 aromatic heterocycles. The molecule has 1 rings (SSSR count). The molecule has 0 aliphatic carbocycles. The van der Waals surface area contributed by atoms with Crippen LogP contribution in [0.25, 0.3) is 0 Å². The Morgan fingerprint density at radius 3 is 2.77 bits per heavy atom. The highest BCUT2D eigenvalue weighted by Gasteiger charge is 2.03. The summed E-state index contributed by atoms with van der Waals surface area (Å²) < 4.78 is 5.39. The van der Waals surface area contributed by atoms with Crippen molar-refractivity contribution in [2.75, 3.05) is 6.61 Å². The van der Waals surface area contributed by atoms with Crippen molar-refractivity contribution in [1.82, 2.24) is 10.2 Å². The predicted molar refractivity (Wildman–Crippen MR) is 52.8 cm³/mol. The van der Waals surface area contributed by atoms with Crippen LogP contribution in [0.1, 0.15) is 25.3 Å². The lowest BCUT2D eigenvalue weighted by atomic mass is 10.1. The van der Waals surface area contributed by atoms with E-state index in [1.54, 1.807) is 0 Å². The highest BCUT2D eigenvalue weighted by atomic mass is 32.1. The summed E-state index contributed by atoms with van der Waals surface area (Å²) in [6, 6.07) is 0. The number of aromatic nitrogens is 2. The number of hydrogen-bond acceptors (Lipinski definition) is 5. The van der Waals surface area contributed by atoms with E-state index in [1.165, 1.54) is 11.3 Å². The molecule has 0 aromatic carbocycles. The van der Waals surface area contributed by atoms with Gasteiger partial charge >= 0.3 is 0 Å². The van der Waals surface area contributed by atoms with Gasteiger partial charge in [0.25, 0.3) is 5.19 Å². The number of rotatable bonds is 5. The predicted octanol–water partition coefficient (Wildman–Crippen LogP) is 1.42. The van der Waals surface area contributed by atoms with Crippen molar-refractivity contribution < 1.29 is 4.74 Å². The summed E-state index contributed by atoms with van der Waals surface area (Å²) in [6.45, 7) is 5.46.